The van der Waals surface area contributed by atoms with Crippen molar-refractivity contribution in [3.63, 3.8) is 0 Å². The zero-order valence-electron chi connectivity index (χ0n) is 12.4. The summed E-state index contributed by atoms with van der Waals surface area (Å²) in [5.74, 6) is 0.861. The number of hydrogen-bond donors (Lipinski definition) is 2. The van der Waals surface area contributed by atoms with Gasteiger partial charge in [-0.25, -0.2) is 0 Å². The van der Waals surface area contributed by atoms with E-state index in [1.807, 2.05) is 0 Å². The van der Waals surface area contributed by atoms with Crippen molar-refractivity contribution >= 4 is 5.96 Å². The number of hydrogen-bond acceptors (Lipinski definition) is 4. The molecule has 6 nitrogen and oxygen atoms in total. The number of morpholine rings is 1. The molecule has 0 aromatic carbocycles. The Morgan fingerprint density at radius 3 is 2.79 bits per heavy atom. The van der Waals surface area contributed by atoms with Crippen molar-refractivity contribution in [2.75, 3.05) is 59.7 Å². The summed E-state index contributed by atoms with van der Waals surface area (Å²) in [6.45, 7) is 11.2. The third kappa shape index (κ3) is 7.34. The molecule has 1 saturated heterocycles. The predicted molar refractivity (Wildman–Crippen MR) is 77.7 cm³/mol. The van der Waals surface area contributed by atoms with E-state index in [0.29, 0.717) is 6.61 Å². The maximum atomic E-state index is 5.33. The molecule has 0 bridgehead atoms. The van der Waals surface area contributed by atoms with Crippen LogP contribution in [0.15, 0.2) is 4.99 Å². The zero-order valence-corrected chi connectivity index (χ0v) is 12.4. The summed E-state index contributed by atoms with van der Waals surface area (Å²) < 4.78 is 10.4. The molecule has 112 valence electrons. The predicted octanol–water partition coefficient (Wildman–Crippen LogP) is -0.0914. The molecular weight excluding hydrogens is 244 g/mol. The Balaban J connectivity index is 2.30. The molecule has 1 fully saturated rings. The van der Waals surface area contributed by atoms with Crippen LogP contribution < -0.4 is 10.6 Å². The number of aliphatic imine (C=N–C) groups is 1. The average molecular weight is 272 g/mol. The van der Waals surface area contributed by atoms with Crippen LogP contribution >= 0.6 is 0 Å². The first-order valence-corrected chi connectivity index (χ1v) is 7.10. The molecule has 0 aromatic heterocycles. The molecule has 1 rings (SSSR count). The fourth-order valence-corrected chi connectivity index (χ4v) is 1.97. The van der Waals surface area contributed by atoms with Crippen molar-refractivity contribution in [3.05, 3.63) is 0 Å². The van der Waals surface area contributed by atoms with Gasteiger partial charge in [0.05, 0.1) is 26.4 Å². The normalized spacial score (nSPS) is 19.2. The second kappa shape index (κ2) is 10.00. The van der Waals surface area contributed by atoms with E-state index in [1.54, 1.807) is 7.11 Å². The molecule has 19 heavy (non-hydrogen) atoms. The molecule has 1 unspecified atom stereocenters. The largest absolute Gasteiger partial charge is 0.383 e. The first-order chi connectivity index (χ1) is 9.26. The molecule has 0 aromatic rings. The van der Waals surface area contributed by atoms with Crippen LogP contribution in [0.1, 0.15) is 13.8 Å². The summed E-state index contributed by atoms with van der Waals surface area (Å²) >= 11 is 0. The number of methoxy groups -OCH3 is 1. The summed E-state index contributed by atoms with van der Waals surface area (Å²) in [7, 11) is 1.71. The Bertz CT molecular complexity index is 255. The van der Waals surface area contributed by atoms with E-state index in [-0.39, 0.29) is 6.04 Å². The molecule has 0 saturated carbocycles. The molecule has 1 atom stereocenters. The Hall–Kier alpha value is -0.850. The molecular formula is C13H28N4O2. The minimum atomic E-state index is 0.256. The van der Waals surface area contributed by atoms with Gasteiger partial charge in [0.25, 0.3) is 0 Å². The number of nitrogens with zero attached hydrogens (tertiary/aromatic N) is 2. The lowest BCUT2D eigenvalue weighted by atomic mass is 10.4. The maximum Gasteiger partial charge on any atom is 0.191 e. The minimum absolute atomic E-state index is 0.256. The van der Waals surface area contributed by atoms with Crippen LogP contribution in [0.3, 0.4) is 0 Å². The van der Waals surface area contributed by atoms with Gasteiger partial charge >= 0.3 is 0 Å². The van der Waals surface area contributed by atoms with Crippen LogP contribution in [-0.4, -0.2) is 76.6 Å². The van der Waals surface area contributed by atoms with Gasteiger partial charge in [0.15, 0.2) is 5.96 Å². The monoisotopic (exact) mass is 272 g/mol. The lowest BCUT2D eigenvalue weighted by Crippen LogP contribution is -2.44. The second-order valence-electron chi connectivity index (χ2n) is 4.72. The van der Waals surface area contributed by atoms with Gasteiger partial charge in [0, 0.05) is 39.3 Å². The van der Waals surface area contributed by atoms with Crippen LogP contribution in [0, 0.1) is 0 Å². The number of ether oxygens (including phenoxy) is 2. The molecule has 1 aliphatic rings. The topological polar surface area (TPSA) is 58.1 Å². The van der Waals surface area contributed by atoms with Crippen LogP contribution in [0.5, 0.6) is 0 Å². The zero-order chi connectivity index (χ0) is 13.9. The van der Waals surface area contributed by atoms with Crippen LogP contribution in [0.25, 0.3) is 0 Å². The molecule has 1 aliphatic heterocycles. The van der Waals surface area contributed by atoms with Crippen LogP contribution in [0.2, 0.25) is 0 Å². The van der Waals surface area contributed by atoms with Crippen molar-refractivity contribution in [1.82, 2.24) is 15.5 Å². The fourth-order valence-electron chi connectivity index (χ4n) is 1.97. The quantitative estimate of drug-likeness (QED) is 0.501. The van der Waals surface area contributed by atoms with E-state index >= 15 is 0 Å². The molecule has 6 heteroatoms. The number of nitrogens with one attached hydrogen (secondary N) is 2. The van der Waals surface area contributed by atoms with Gasteiger partial charge in [-0.1, -0.05) is 0 Å². The third-order valence-corrected chi connectivity index (χ3v) is 2.93. The smallest absolute Gasteiger partial charge is 0.191 e. The highest BCUT2D eigenvalue weighted by molar-refractivity contribution is 5.80. The van der Waals surface area contributed by atoms with Crippen LogP contribution in [0.4, 0.5) is 0 Å². The summed E-state index contributed by atoms with van der Waals surface area (Å²) in [5.41, 5.74) is 0. The van der Waals surface area contributed by atoms with E-state index in [1.165, 1.54) is 0 Å². The molecule has 0 aliphatic carbocycles. The van der Waals surface area contributed by atoms with Crippen molar-refractivity contribution in [2.24, 2.45) is 4.99 Å². The van der Waals surface area contributed by atoms with E-state index in [9.17, 15) is 0 Å². The Labute approximate surface area is 116 Å². The van der Waals surface area contributed by atoms with Gasteiger partial charge in [-0.15, -0.1) is 0 Å². The Morgan fingerprint density at radius 1 is 1.42 bits per heavy atom. The number of guanidine groups is 1. The van der Waals surface area contributed by atoms with Gasteiger partial charge in [-0.2, -0.15) is 0 Å². The van der Waals surface area contributed by atoms with E-state index < -0.39 is 0 Å². The standard InChI is InChI=1S/C13H28N4O2/c1-4-14-13(16-12(2)11-18-3)15-5-6-17-7-9-19-10-8-17/h12H,4-11H2,1-3H3,(H2,14,15,16). The molecule has 0 amide bonds. The lowest BCUT2D eigenvalue weighted by Gasteiger charge is -2.26. The fraction of sp³-hybridized carbons (Fsp3) is 0.923. The minimum Gasteiger partial charge on any atom is -0.383 e. The molecule has 2 N–H and O–H groups in total. The van der Waals surface area contributed by atoms with Gasteiger partial charge in [0.2, 0.25) is 0 Å². The highest BCUT2D eigenvalue weighted by Gasteiger charge is 2.09. The van der Waals surface area contributed by atoms with Gasteiger partial charge < -0.3 is 20.1 Å². The summed E-state index contributed by atoms with van der Waals surface area (Å²) in [4.78, 5) is 6.97. The lowest BCUT2D eigenvalue weighted by molar-refractivity contribution is 0.0394. The maximum absolute atomic E-state index is 5.33. The van der Waals surface area contributed by atoms with Crippen molar-refractivity contribution in [1.29, 1.82) is 0 Å². The second-order valence-corrected chi connectivity index (χ2v) is 4.72. The van der Waals surface area contributed by atoms with E-state index in [0.717, 1.165) is 51.9 Å². The Kier molecular flexibility index (Phi) is 8.53. The van der Waals surface area contributed by atoms with E-state index in [4.69, 9.17) is 9.47 Å². The Morgan fingerprint density at radius 2 is 2.16 bits per heavy atom. The van der Waals surface area contributed by atoms with Crippen molar-refractivity contribution < 1.29 is 9.47 Å². The first kappa shape index (κ1) is 16.2. The highest BCUT2D eigenvalue weighted by Crippen LogP contribution is 1.95. The average Bonchev–Trinajstić information content (AvgIpc) is 2.40. The summed E-state index contributed by atoms with van der Waals surface area (Å²) in [6, 6.07) is 0.256. The van der Waals surface area contributed by atoms with Crippen LogP contribution in [-0.2, 0) is 9.47 Å². The molecule has 0 radical (unpaired) electrons. The summed E-state index contributed by atoms with van der Waals surface area (Å²) in [6.07, 6.45) is 0. The molecule has 1 heterocycles. The van der Waals surface area contributed by atoms with Gasteiger partial charge in [0.1, 0.15) is 0 Å². The van der Waals surface area contributed by atoms with Gasteiger partial charge in [-0.3, -0.25) is 9.89 Å². The SMILES string of the molecule is CCNC(=NCCN1CCOCC1)NC(C)COC. The van der Waals surface area contributed by atoms with Crippen molar-refractivity contribution in [3.8, 4) is 0 Å². The highest BCUT2D eigenvalue weighted by atomic mass is 16.5. The summed E-state index contributed by atoms with van der Waals surface area (Å²) in [5, 5.41) is 6.58. The van der Waals surface area contributed by atoms with Crippen molar-refractivity contribution in [2.45, 2.75) is 19.9 Å². The first-order valence-electron chi connectivity index (χ1n) is 7.10. The molecule has 0 spiro atoms. The third-order valence-electron chi connectivity index (χ3n) is 2.93. The van der Waals surface area contributed by atoms with Gasteiger partial charge in [-0.05, 0) is 13.8 Å². The number of rotatable bonds is 7. The van der Waals surface area contributed by atoms with E-state index in [2.05, 4.69) is 34.4 Å².